The van der Waals surface area contributed by atoms with Gasteiger partial charge in [0.1, 0.15) is 0 Å². The van der Waals surface area contributed by atoms with Gasteiger partial charge in [0.05, 0.1) is 23.5 Å². The van der Waals surface area contributed by atoms with Crippen LogP contribution in [0.15, 0.2) is 48.8 Å². The van der Waals surface area contributed by atoms with Gasteiger partial charge in [-0.1, -0.05) is 42.3 Å². The first-order valence-electron chi connectivity index (χ1n) is 8.25. The molecule has 1 amide bonds. The topological polar surface area (TPSA) is 59.8 Å². The number of pyridine rings is 1. The van der Waals surface area contributed by atoms with Crippen LogP contribution in [0.25, 0.3) is 5.82 Å². The average molecular weight is 389 g/mol. The second-order valence-electron chi connectivity index (χ2n) is 5.82. The number of benzene rings is 1. The summed E-state index contributed by atoms with van der Waals surface area (Å²) in [4.78, 5) is 17.1. The summed E-state index contributed by atoms with van der Waals surface area (Å²) >= 11 is 12.2. The highest BCUT2D eigenvalue weighted by Gasteiger charge is 2.20. The SMILES string of the molecule is CCc1c(C(=O)N[C@@H](C)c2ccc(Cl)cc2Cl)cnn1-c1ccccn1. The Morgan fingerprint density at radius 3 is 2.73 bits per heavy atom. The Morgan fingerprint density at radius 2 is 2.08 bits per heavy atom. The van der Waals surface area contributed by atoms with E-state index in [2.05, 4.69) is 15.4 Å². The van der Waals surface area contributed by atoms with Crippen LogP contribution in [0, 0.1) is 0 Å². The van der Waals surface area contributed by atoms with Crippen LogP contribution in [0.1, 0.15) is 41.5 Å². The summed E-state index contributed by atoms with van der Waals surface area (Å²) in [5.41, 5.74) is 2.13. The molecular formula is C19H18Cl2N4O. The number of hydrogen-bond acceptors (Lipinski definition) is 3. The standard InChI is InChI=1S/C19H18Cl2N4O/c1-3-17-15(11-23-25(17)18-6-4-5-9-22-18)19(26)24-12(2)14-8-7-13(20)10-16(14)21/h4-12H,3H2,1-2H3,(H,24,26)/t12-/m0/s1. The van der Waals surface area contributed by atoms with Gasteiger partial charge >= 0.3 is 0 Å². The molecule has 2 heterocycles. The molecule has 1 aromatic carbocycles. The third-order valence-corrected chi connectivity index (χ3v) is 4.65. The Bertz CT molecular complexity index is 925. The molecule has 7 heteroatoms. The molecule has 1 N–H and O–H groups in total. The Hall–Kier alpha value is -2.37. The summed E-state index contributed by atoms with van der Waals surface area (Å²) in [6.45, 7) is 3.86. The molecule has 0 unspecified atom stereocenters. The molecule has 3 aromatic rings. The van der Waals surface area contributed by atoms with E-state index < -0.39 is 0 Å². The van der Waals surface area contributed by atoms with E-state index in [9.17, 15) is 4.79 Å². The fourth-order valence-corrected chi connectivity index (χ4v) is 3.36. The predicted octanol–water partition coefficient (Wildman–Crippen LogP) is 4.63. The van der Waals surface area contributed by atoms with Crippen molar-refractivity contribution < 1.29 is 4.79 Å². The maximum absolute atomic E-state index is 12.8. The second-order valence-corrected chi connectivity index (χ2v) is 6.66. The number of nitrogens with zero attached hydrogens (tertiary/aromatic N) is 3. The normalized spacial score (nSPS) is 12.0. The molecule has 0 radical (unpaired) electrons. The first-order chi connectivity index (χ1) is 12.5. The van der Waals surface area contributed by atoms with Gasteiger partial charge in [0.15, 0.2) is 5.82 Å². The molecule has 0 bridgehead atoms. The summed E-state index contributed by atoms with van der Waals surface area (Å²) in [6, 6.07) is 10.5. The summed E-state index contributed by atoms with van der Waals surface area (Å²) in [6.07, 6.45) is 3.91. The van der Waals surface area contributed by atoms with Crippen LogP contribution in [0.5, 0.6) is 0 Å². The van der Waals surface area contributed by atoms with Gasteiger partial charge < -0.3 is 5.32 Å². The van der Waals surface area contributed by atoms with E-state index >= 15 is 0 Å². The summed E-state index contributed by atoms with van der Waals surface area (Å²) in [5, 5.41) is 8.39. The van der Waals surface area contributed by atoms with Crippen molar-refractivity contribution in [3.05, 3.63) is 75.7 Å². The number of nitrogens with one attached hydrogen (secondary N) is 1. The molecule has 0 aliphatic carbocycles. The van der Waals surface area contributed by atoms with Crippen molar-refractivity contribution in [3.63, 3.8) is 0 Å². The van der Waals surface area contributed by atoms with Crippen LogP contribution >= 0.6 is 23.2 Å². The molecule has 134 valence electrons. The number of carbonyl (C=O) groups excluding carboxylic acids is 1. The second kappa shape index (κ2) is 7.89. The third kappa shape index (κ3) is 3.74. The molecule has 26 heavy (non-hydrogen) atoms. The van der Waals surface area contributed by atoms with Gasteiger partial charge in [-0.3, -0.25) is 4.79 Å². The molecule has 0 saturated carbocycles. The van der Waals surface area contributed by atoms with Crippen LogP contribution in [-0.4, -0.2) is 20.7 Å². The monoisotopic (exact) mass is 388 g/mol. The highest BCUT2D eigenvalue weighted by Crippen LogP contribution is 2.26. The van der Waals surface area contributed by atoms with Gasteiger partial charge in [0.2, 0.25) is 0 Å². The first-order valence-corrected chi connectivity index (χ1v) is 9.01. The molecule has 3 rings (SSSR count). The molecule has 1 atom stereocenters. The predicted molar refractivity (Wildman–Crippen MR) is 103 cm³/mol. The van der Waals surface area contributed by atoms with Crippen molar-refractivity contribution >= 4 is 29.1 Å². The lowest BCUT2D eigenvalue weighted by atomic mass is 10.1. The van der Waals surface area contributed by atoms with E-state index in [0.717, 1.165) is 11.3 Å². The number of hydrogen-bond donors (Lipinski definition) is 1. The van der Waals surface area contributed by atoms with Gasteiger partial charge in [-0.2, -0.15) is 5.10 Å². The van der Waals surface area contributed by atoms with Crippen molar-refractivity contribution in [2.45, 2.75) is 26.3 Å². The highest BCUT2D eigenvalue weighted by molar-refractivity contribution is 6.35. The van der Waals surface area contributed by atoms with Gasteiger partial charge in [-0.15, -0.1) is 0 Å². The fraction of sp³-hybridized carbons (Fsp3) is 0.211. The van der Waals surface area contributed by atoms with Crippen LogP contribution in [-0.2, 0) is 6.42 Å². The average Bonchev–Trinajstić information content (AvgIpc) is 3.06. The number of amides is 1. The zero-order valence-electron chi connectivity index (χ0n) is 14.4. The minimum Gasteiger partial charge on any atom is -0.345 e. The molecule has 0 aliphatic heterocycles. The smallest absolute Gasteiger partial charge is 0.255 e. The fourth-order valence-electron chi connectivity index (χ4n) is 2.78. The van der Waals surface area contributed by atoms with E-state index in [-0.39, 0.29) is 11.9 Å². The van der Waals surface area contributed by atoms with E-state index in [1.54, 1.807) is 29.2 Å². The van der Waals surface area contributed by atoms with Crippen LogP contribution in [0.2, 0.25) is 10.0 Å². The quantitative estimate of drug-likeness (QED) is 0.692. The molecule has 0 aliphatic rings. The Kier molecular flexibility index (Phi) is 5.59. The van der Waals surface area contributed by atoms with E-state index in [1.165, 1.54) is 0 Å². The number of rotatable bonds is 5. The van der Waals surface area contributed by atoms with Gasteiger partial charge in [0, 0.05) is 16.2 Å². The summed E-state index contributed by atoms with van der Waals surface area (Å²) in [5.74, 6) is 0.472. The van der Waals surface area contributed by atoms with Crippen molar-refractivity contribution in [2.24, 2.45) is 0 Å². The van der Waals surface area contributed by atoms with Gasteiger partial charge in [-0.25, -0.2) is 9.67 Å². The number of aromatic nitrogens is 3. The largest absolute Gasteiger partial charge is 0.345 e. The zero-order chi connectivity index (χ0) is 18.7. The highest BCUT2D eigenvalue weighted by atomic mass is 35.5. The molecule has 2 aromatic heterocycles. The first kappa shape index (κ1) is 18.4. The maximum Gasteiger partial charge on any atom is 0.255 e. The van der Waals surface area contributed by atoms with Crippen molar-refractivity contribution in [1.29, 1.82) is 0 Å². The number of carbonyl (C=O) groups is 1. The molecule has 0 saturated heterocycles. The minimum atomic E-state index is -0.268. The molecular weight excluding hydrogens is 371 g/mol. The minimum absolute atomic E-state index is 0.206. The summed E-state index contributed by atoms with van der Waals surface area (Å²) < 4.78 is 1.69. The molecule has 5 nitrogen and oxygen atoms in total. The zero-order valence-corrected chi connectivity index (χ0v) is 15.9. The molecule has 0 fully saturated rings. The Morgan fingerprint density at radius 1 is 1.27 bits per heavy atom. The van der Waals surface area contributed by atoms with Crippen molar-refractivity contribution in [3.8, 4) is 5.82 Å². The van der Waals surface area contributed by atoms with E-state index in [0.29, 0.717) is 27.8 Å². The van der Waals surface area contributed by atoms with Crippen LogP contribution in [0.4, 0.5) is 0 Å². The summed E-state index contributed by atoms with van der Waals surface area (Å²) in [7, 11) is 0. The van der Waals surface area contributed by atoms with E-state index in [1.807, 2.05) is 38.1 Å². The van der Waals surface area contributed by atoms with Gasteiger partial charge in [0.25, 0.3) is 5.91 Å². The van der Waals surface area contributed by atoms with Crippen molar-refractivity contribution in [1.82, 2.24) is 20.1 Å². The molecule has 0 spiro atoms. The number of halogens is 2. The Labute approximate surface area is 162 Å². The Balaban J connectivity index is 1.85. The third-order valence-electron chi connectivity index (χ3n) is 4.09. The van der Waals surface area contributed by atoms with Crippen LogP contribution in [0.3, 0.4) is 0 Å². The lowest BCUT2D eigenvalue weighted by Gasteiger charge is -2.16. The van der Waals surface area contributed by atoms with Gasteiger partial charge in [-0.05, 0) is 43.2 Å². The maximum atomic E-state index is 12.8. The lowest BCUT2D eigenvalue weighted by Crippen LogP contribution is -2.27. The van der Waals surface area contributed by atoms with Crippen LogP contribution < -0.4 is 5.32 Å². The lowest BCUT2D eigenvalue weighted by molar-refractivity contribution is 0.0939. The van der Waals surface area contributed by atoms with Crippen molar-refractivity contribution in [2.75, 3.05) is 0 Å². The van der Waals surface area contributed by atoms with E-state index in [4.69, 9.17) is 23.2 Å².